The molecule has 0 bridgehead atoms. The highest BCUT2D eigenvalue weighted by atomic mass is 32.1. The molecule has 0 aliphatic carbocycles. The summed E-state index contributed by atoms with van der Waals surface area (Å²) in [6.07, 6.45) is 1.62. The van der Waals surface area contributed by atoms with Gasteiger partial charge in [0.15, 0.2) is 0 Å². The molecule has 2 heterocycles. The molecule has 2 aromatic heterocycles. The number of thiophene rings is 1. The number of hydrogen-bond acceptors (Lipinski definition) is 3. The van der Waals surface area contributed by atoms with Crippen LogP contribution in [-0.2, 0) is 6.54 Å². The predicted octanol–water partition coefficient (Wildman–Crippen LogP) is 2.51. The minimum Gasteiger partial charge on any atom is -0.294 e. The van der Waals surface area contributed by atoms with Crippen LogP contribution < -0.4 is 5.56 Å². The zero-order chi connectivity index (χ0) is 11.7. The van der Waals surface area contributed by atoms with Crippen molar-refractivity contribution in [2.75, 3.05) is 0 Å². The van der Waals surface area contributed by atoms with Crippen molar-refractivity contribution in [3.05, 3.63) is 64.0 Å². The SMILES string of the molecule is O=c1c2sccc2ncn1Cc1ccccc1. The van der Waals surface area contributed by atoms with Gasteiger partial charge in [-0.15, -0.1) is 11.3 Å². The minimum absolute atomic E-state index is 0.0360. The van der Waals surface area contributed by atoms with Gasteiger partial charge in [0.05, 0.1) is 18.4 Å². The van der Waals surface area contributed by atoms with Crippen LogP contribution in [0.5, 0.6) is 0 Å². The van der Waals surface area contributed by atoms with Crippen molar-refractivity contribution in [1.29, 1.82) is 0 Å². The molecule has 3 aromatic rings. The molecule has 0 aliphatic heterocycles. The first kappa shape index (κ1) is 10.2. The highest BCUT2D eigenvalue weighted by molar-refractivity contribution is 7.17. The van der Waals surface area contributed by atoms with Crippen LogP contribution in [0.25, 0.3) is 10.2 Å². The quantitative estimate of drug-likeness (QED) is 0.692. The van der Waals surface area contributed by atoms with E-state index in [0.717, 1.165) is 15.8 Å². The summed E-state index contributed by atoms with van der Waals surface area (Å²) < 4.78 is 2.37. The maximum Gasteiger partial charge on any atom is 0.271 e. The van der Waals surface area contributed by atoms with Gasteiger partial charge in [-0.25, -0.2) is 4.98 Å². The molecule has 84 valence electrons. The summed E-state index contributed by atoms with van der Waals surface area (Å²) in [5.74, 6) is 0. The molecule has 3 nitrogen and oxygen atoms in total. The Kier molecular flexibility index (Phi) is 2.49. The van der Waals surface area contributed by atoms with Crippen molar-refractivity contribution in [2.45, 2.75) is 6.54 Å². The van der Waals surface area contributed by atoms with Gasteiger partial charge in [0.2, 0.25) is 0 Å². The second-order valence-corrected chi connectivity index (χ2v) is 4.71. The maximum absolute atomic E-state index is 12.1. The van der Waals surface area contributed by atoms with E-state index in [-0.39, 0.29) is 5.56 Å². The van der Waals surface area contributed by atoms with Crippen LogP contribution in [0.4, 0.5) is 0 Å². The Morgan fingerprint density at radius 3 is 2.82 bits per heavy atom. The average Bonchev–Trinajstić information content (AvgIpc) is 2.83. The first-order valence-corrected chi connectivity index (χ1v) is 6.19. The number of aromatic nitrogens is 2. The molecular weight excluding hydrogens is 232 g/mol. The molecule has 4 heteroatoms. The molecule has 0 aliphatic rings. The predicted molar refractivity (Wildman–Crippen MR) is 69.4 cm³/mol. The van der Waals surface area contributed by atoms with Crippen LogP contribution in [0, 0.1) is 0 Å². The van der Waals surface area contributed by atoms with E-state index >= 15 is 0 Å². The highest BCUT2D eigenvalue weighted by Gasteiger charge is 2.05. The van der Waals surface area contributed by atoms with Crippen LogP contribution in [0.3, 0.4) is 0 Å². The second-order valence-electron chi connectivity index (χ2n) is 3.80. The Morgan fingerprint density at radius 2 is 2.00 bits per heavy atom. The monoisotopic (exact) mass is 242 g/mol. The van der Waals surface area contributed by atoms with E-state index in [4.69, 9.17) is 0 Å². The summed E-state index contributed by atoms with van der Waals surface area (Å²) in [5.41, 5.74) is 1.92. The largest absolute Gasteiger partial charge is 0.294 e. The van der Waals surface area contributed by atoms with Gasteiger partial charge in [0, 0.05) is 0 Å². The van der Waals surface area contributed by atoms with E-state index in [1.807, 2.05) is 41.8 Å². The summed E-state index contributed by atoms with van der Waals surface area (Å²) in [7, 11) is 0. The first-order chi connectivity index (χ1) is 8.34. The third-order valence-electron chi connectivity index (χ3n) is 2.63. The summed E-state index contributed by atoms with van der Waals surface area (Å²) in [4.78, 5) is 16.4. The van der Waals surface area contributed by atoms with E-state index in [1.165, 1.54) is 11.3 Å². The van der Waals surface area contributed by atoms with E-state index in [2.05, 4.69) is 4.98 Å². The first-order valence-electron chi connectivity index (χ1n) is 5.31. The highest BCUT2D eigenvalue weighted by Crippen LogP contribution is 2.13. The van der Waals surface area contributed by atoms with Gasteiger partial charge in [-0.1, -0.05) is 30.3 Å². The lowest BCUT2D eigenvalue weighted by Gasteiger charge is -2.04. The molecule has 0 N–H and O–H groups in total. The topological polar surface area (TPSA) is 34.9 Å². The zero-order valence-electron chi connectivity index (χ0n) is 9.04. The van der Waals surface area contributed by atoms with Crippen molar-refractivity contribution in [1.82, 2.24) is 9.55 Å². The van der Waals surface area contributed by atoms with Crippen LogP contribution >= 0.6 is 11.3 Å². The van der Waals surface area contributed by atoms with Crippen molar-refractivity contribution >= 4 is 21.6 Å². The molecule has 0 spiro atoms. The Hall–Kier alpha value is -1.94. The van der Waals surface area contributed by atoms with Crippen molar-refractivity contribution in [2.24, 2.45) is 0 Å². The van der Waals surface area contributed by atoms with E-state index in [9.17, 15) is 4.79 Å². The van der Waals surface area contributed by atoms with Crippen LogP contribution in [0.15, 0.2) is 52.9 Å². The van der Waals surface area contributed by atoms with Crippen LogP contribution in [0.1, 0.15) is 5.56 Å². The molecule has 0 fully saturated rings. The Bertz CT molecular complexity index is 700. The average molecular weight is 242 g/mol. The molecule has 0 saturated carbocycles. The zero-order valence-corrected chi connectivity index (χ0v) is 9.85. The normalized spacial score (nSPS) is 10.8. The van der Waals surface area contributed by atoms with Gasteiger partial charge in [0.25, 0.3) is 5.56 Å². The fourth-order valence-electron chi connectivity index (χ4n) is 1.77. The van der Waals surface area contributed by atoms with Crippen LogP contribution in [0.2, 0.25) is 0 Å². The fraction of sp³-hybridized carbons (Fsp3) is 0.0769. The lowest BCUT2D eigenvalue weighted by atomic mass is 10.2. The number of nitrogens with zero attached hydrogens (tertiary/aromatic N) is 2. The second kappa shape index (κ2) is 4.14. The molecule has 0 amide bonds. The molecule has 0 radical (unpaired) electrons. The standard InChI is InChI=1S/C13H10N2OS/c16-13-12-11(6-7-17-12)14-9-15(13)8-10-4-2-1-3-5-10/h1-7,9H,8H2. The molecule has 3 rings (SSSR count). The Morgan fingerprint density at radius 1 is 1.18 bits per heavy atom. The molecule has 0 atom stereocenters. The molecule has 0 saturated heterocycles. The minimum atomic E-state index is 0.0360. The van der Waals surface area contributed by atoms with Crippen molar-refractivity contribution < 1.29 is 0 Å². The molecule has 1 aromatic carbocycles. The third-order valence-corrected chi connectivity index (χ3v) is 3.52. The van der Waals surface area contributed by atoms with E-state index in [1.54, 1.807) is 10.9 Å². The van der Waals surface area contributed by atoms with Gasteiger partial charge in [-0.2, -0.15) is 0 Å². The van der Waals surface area contributed by atoms with Crippen LogP contribution in [-0.4, -0.2) is 9.55 Å². The maximum atomic E-state index is 12.1. The summed E-state index contributed by atoms with van der Waals surface area (Å²) in [6, 6.07) is 11.8. The summed E-state index contributed by atoms with van der Waals surface area (Å²) >= 11 is 1.44. The number of benzene rings is 1. The smallest absolute Gasteiger partial charge is 0.271 e. The van der Waals surface area contributed by atoms with Gasteiger partial charge in [0.1, 0.15) is 4.70 Å². The van der Waals surface area contributed by atoms with E-state index in [0.29, 0.717) is 6.54 Å². The van der Waals surface area contributed by atoms with Gasteiger partial charge in [-0.05, 0) is 17.0 Å². The van der Waals surface area contributed by atoms with Gasteiger partial charge < -0.3 is 0 Å². The number of hydrogen-bond donors (Lipinski definition) is 0. The lowest BCUT2D eigenvalue weighted by Crippen LogP contribution is -2.20. The number of fused-ring (bicyclic) bond motifs is 1. The van der Waals surface area contributed by atoms with Gasteiger partial charge >= 0.3 is 0 Å². The van der Waals surface area contributed by atoms with Crippen molar-refractivity contribution in [3.63, 3.8) is 0 Å². The molecular formula is C13H10N2OS. The Labute approximate surface area is 102 Å². The summed E-state index contributed by atoms with van der Waals surface area (Å²) in [5, 5.41) is 1.89. The number of rotatable bonds is 2. The molecule has 17 heavy (non-hydrogen) atoms. The lowest BCUT2D eigenvalue weighted by molar-refractivity contribution is 0.750. The van der Waals surface area contributed by atoms with E-state index < -0.39 is 0 Å². The van der Waals surface area contributed by atoms with Gasteiger partial charge in [-0.3, -0.25) is 9.36 Å². The molecule has 0 unspecified atom stereocenters. The Balaban J connectivity index is 2.07. The third kappa shape index (κ3) is 1.87. The van der Waals surface area contributed by atoms with Crippen molar-refractivity contribution in [3.8, 4) is 0 Å². The fourth-order valence-corrected chi connectivity index (χ4v) is 2.56. The summed E-state index contributed by atoms with van der Waals surface area (Å²) in [6.45, 7) is 0.570.